The fraction of sp³-hybridized carbons (Fsp3) is 0.100. The monoisotopic (exact) mass is 248 g/mol. The number of benzene rings is 1. The average Bonchev–Trinajstić information content (AvgIpc) is 2.15. The normalized spacial score (nSPS) is 9.64. The van der Waals surface area contributed by atoms with E-state index in [1.165, 1.54) is 6.08 Å². The molecule has 1 nitrogen and oxygen atoms in total. The number of Topliss-reactive ketones (excluding diaryl/α,β-unsaturated/α-hetero) is 1. The van der Waals surface area contributed by atoms with Gasteiger partial charge in [-0.15, -0.1) is 0 Å². The van der Waals surface area contributed by atoms with Crippen LogP contribution in [0.25, 0.3) is 0 Å². The fourth-order valence-corrected chi connectivity index (χ4v) is 1.20. The van der Waals surface area contributed by atoms with Gasteiger partial charge in [-0.2, -0.15) is 0 Å². The lowest BCUT2D eigenvalue weighted by Gasteiger charge is -1.97. The van der Waals surface area contributed by atoms with Gasteiger partial charge >= 0.3 is 0 Å². The van der Waals surface area contributed by atoms with Gasteiger partial charge in [0, 0.05) is 17.0 Å². The summed E-state index contributed by atoms with van der Waals surface area (Å²) >= 11 is 16.5. The van der Waals surface area contributed by atoms with Crippen molar-refractivity contribution in [1.82, 2.24) is 0 Å². The van der Waals surface area contributed by atoms with Crippen LogP contribution in [0.15, 0.2) is 34.8 Å². The van der Waals surface area contributed by atoms with Crippen molar-refractivity contribution >= 4 is 40.6 Å². The predicted molar refractivity (Wildman–Crippen MR) is 60.2 cm³/mol. The second-order valence-corrected chi connectivity index (χ2v) is 4.07. The van der Waals surface area contributed by atoms with E-state index in [9.17, 15) is 4.79 Å². The number of carbonyl (C=O) groups excluding carboxylic acids is 1. The molecule has 0 radical (unpaired) electrons. The molecule has 1 aromatic rings. The molecule has 0 atom stereocenters. The fourth-order valence-electron chi connectivity index (χ4n) is 0.923. The first-order valence-corrected chi connectivity index (χ1v) is 5.03. The average molecular weight is 250 g/mol. The van der Waals surface area contributed by atoms with Crippen molar-refractivity contribution in [3.63, 3.8) is 0 Å². The quantitative estimate of drug-likeness (QED) is 0.733. The van der Waals surface area contributed by atoms with Crippen LogP contribution < -0.4 is 0 Å². The molecule has 0 amide bonds. The predicted octanol–water partition coefficient (Wildman–Crippen LogP) is 4.23. The molecule has 0 heterocycles. The summed E-state index contributed by atoms with van der Waals surface area (Å²) in [5.41, 5.74) is 0.597. The molecule has 0 N–H and O–H groups in total. The van der Waals surface area contributed by atoms with E-state index < -0.39 is 0 Å². The SMILES string of the molecule is O=C(CC=C(Cl)Cl)c1ccc(Cl)cc1. The Kier molecular flexibility index (Phi) is 4.46. The van der Waals surface area contributed by atoms with Gasteiger partial charge in [0.1, 0.15) is 4.49 Å². The molecule has 14 heavy (non-hydrogen) atoms. The third-order valence-electron chi connectivity index (χ3n) is 1.61. The van der Waals surface area contributed by atoms with E-state index in [1.807, 2.05) is 0 Å². The molecular formula is C10H7Cl3O. The summed E-state index contributed by atoms with van der Waals surface area (Å²) in [5, 5.41) is 0.604. The first-order chi connectivity index (χ1) is 6.59. The number of ketones is 1. The second kappa shape index (κ2) is 5.40. The van der Waals surface area contributed by atoms with E-state index in [0.717, 1.165) is 0 Å². The molecule has 1 aromatic carbocycles. The van der Waals surface area contributed by atoms with Gasteiger partial charge in [-0.1, -0.05) is 34.8 Å². The molecule has 1 rings (SSSR count). The van der Waals surface area contributed by atoms with Crippen molar-refractivity contribution in [3.8, 4) is 0 Å². The Balaban J connectivity index is 2.70. The zero-order valence-corrected chi connectivity index (χ0v) is 9.40. The van der Waals surface area contributed by atoms with Crippen LogP contribution in [0.4, 0.5) is 0 Å². The Morgan fingerprint density at radius 1 is 1.21 bits per heavy atom. The Morgan fingerprint density at radius 3 is 2.29 bits per heavy atom. The van der Waals surface area contributed by atoms with Crippen LogP contribution in [0.3, 0.4) is 0 Å². The molecule has 0 aliphatic carbocycles. The van der Waals surface area contributed by atoms with Gasteiger partial charge in [0.05, 0.1) is 0 Å². The Hall–Kier alpha value is -0.500. The van der Waals surface area contributed by atoms with Crippen molar-refractivity contribution in [1.29, 1.82) is 0 Å². The molecule has 0 saturated carbocycles. The van der Waals surface area contributed by atoms with Crippen molar-refractivity contribution in [2.24, 2.45) is 0 Å². The summed E-state index contributed by atoms with van der Waals surface area (Å²) in [6.45, 7) is 0. The lowest BCUT2D eigenvalue weighted by Crippen LogP contribution is -1.96. The summed E-state index contributed by atoms with van der Waals surface area (Å²) in [6, 6.07) is 6.67. The highest BCUT2D eigenvalue weighted by molar-refractivity contribution is 6.55. The van der Waals surface area contributed by atoms with E-state index >= 15 is 0 Å². The lowest BCUT2D eigenvalue weighted by atomic mass is 10.1. The van der Waals surface area contributed by atoms with Crippen molar-refractivity contribution in [2.45, 2.75) is 6.42 Å². The number of hydrogen-bond acceptors (Lipinski definition) is 1. The van der Waals surface area contributed by atoms with Gasteiger partial charge in [0.15, 0.2) is 5.78 Å². The number of halogens is 3. The number of hydrogen-bond donors (Lipinski definition) is 0. The molecule has 4 heteroatoms. The molecule has 0 fully saturated rings. The molecule has 0 aliphatic rings. The number of carbonyl (C=O) groups is 1. The largest absolute Gasteiger partial charge is 0.294 e. The molecular weight excluding hydrogens is 242 g/mol. The van der Waals surface area contributed by atoms with Crippen LogP contribution >= 0.6 is 34.8 Å². The third kappa shape index (κ3) is 3.70. The standard InChI is InChI=1S/C10H7Cl3O/c11-8-3-1-7(2-4-8)9(14)5-6-10(12)13/h1-4,6H,5H2. The number of rotatable bonds is 3. The van der Waals surface area contributed by atoms with Gasteiger partial charge in [-0.05, 0) is 30.3 Å². The molecule has 0 aromatic heterocycles. The van der Waals surface area contributed by atoms with Crippen molar-refractivity contribution in [2.75, 3.05) is 0 Å². The zero-order chi connectivity index (χ0) is 10.6. The smallest absolute Gasteiger partial charge is 0.166 e. The minimum absolute atomic E-state index is 0.0412. The van der Waals surface area contributed by atoms with Crippen LogP contribution in [-0.4, -0.2) is 5.78 Å². The van der Waals surface area contributed by atoms with Gasteiger partial charge < -0.3 is 0 Å². The van der Waals surface area contributed by atoms with E-state index in [2.05, 4.69) is 0 Å². The summed E-state index contributed by atoms with van der Waals surface area (Å²) in [5.74, 6) is -0.0412. The van der Waals surface area contributed by atoms with Gasteiger partial charge in [-0.25, -0.2) is 0 Å². The molecule has 0 spiro atoms. The molecule has 0 saturated heterocycles. The molecule has 74 valence electrons. The Labute approximate surface area is 97.3 Å². The van der Waals surface area contributed by atoms with E-state index in [0.29, 0.717) is 10.6 Å². The van der Waals surface area contributed by atoms with Crippen LogP contribution in [-0.2, 0) is 0 Å². The van der Waals surface area contributed by atoms with Crippen LogP contribution in [0.5, 0.6) is 0 Å². The molecule has 0 bridgehead atoms. The van der Waals surface area contributed by atoms with E-state index in [-0.39, 0.29) is 16.7 Å². The highest BCUT2D eigenvalue weighted by atomic mass is 35.5. The molecule has 0 unspecified atom stereocenters. The topological polar surface area (TPSA) is 17.1 Å². The molecule has 0 aliphatic heterocycles. The maximum atomic E-state index is 11.5. The van der Waals surface area contributed by atoms with Gasteiger partial charge in [-0.3, -0.25) is 4.79 Å². The minimum Gasteiger partial charge on any atom is -0.294 e. The first-order valence-electron chi connectivity index (χ1n) is 3.89. The summed E-state index contributed by atoms with van der Waals surface area (Å²) in [4.78, 5) is 11.5. The van der Waals surface area contributed by atoms with Crippen molar-refractivity contribution < 1.29 is 4.79 Å². The second-order valence-electron chi connectivity index (χ2n) is 2.63. The van der Waals surface area contributed by atoms with Crippen molar-refractivity contribution in [3.05, 3.63) is 45.4 Å². The number of allylic oxidation sites excluding steroid dienone is 1. The van der Waals surface area contributed by atoms with Gasteiger partial charge in [0.25, 0.3) is 0 Å². The minimum atomic E-state index is -0.0412. The zero-order valence-electron chi connectivity index (χ0n) is 7.14. The van der Waals surface area contributed by atoms with E-state index in [4.69, 9.17) is 34.8 Å². The highest BCUT2D eigenvalue weighted by Gasteiger charge is 2.03. The van der Waals surface area contributed by atoms with Gasteiger partial charge in [0.2, 0.25) is 0 Å². The lowest BCUT2D eigenvalue weighted by molar-refractivity contribution is 0.0996. The maximum Gasteiger partial charge on any atom is 0.166 e. The first kappa shape index (κ1) is 11.6. The summed E-state index contributed by atoms with van der Waals surface area (Å²) in [7, 11) is 0. The Bertz CT molecular complexity index is 350. The summed E-state index contributed by atoms with van der Waals surface area (Å²) < 4.78 is 0.104. The van der Waals surface area contributed by atoms with E-state index in [1.54, 1.807) is 24.3 Å². The maximum absolute atomic E-state index is 11.5. The van der Waals surface area contributed by atoms with Crippen LogP contribution in [0.2, 0.25) is 5.02 Å². The third-order valence-corrected chi connectivity index (χ3v) is 2.17. The van der Waals surface area contributed by atoms with Crippen LogP contribution in [0, 0.1) is 0 Å². The van der Waals surface area contributed by atoms with Crippen LogP contribution in [0.1, 0.15) is 16.8 Å². The summed E-state index contributed by atoms with van der Waals surface area (Å²) in [6.07, 6.45) is 1.66. The Morgan fingerprint density at radius 2 is 1.79 bits per heavy atom. The highest BCUT2D eigenvalue weighted by Crippen LogP contribution is 2.13.